The maximum absolute atomic E-state index is 9.12. The molecule has 0 saturated heterocycles. The summed E-state index contributed by atoms with van der Waals surface area (Å²) in [6.07, 6.45) is 0. The van der Waals surface area contributed by atoms with Crippen LogP contribution >= 0.6 is 11.9 Å². The van der Waals surface area contributed by atoms with Gasteiger partial charge in [0, 0.05) is 0 Å². The molecule has 7 heavy (non-hydrogen) atoms. The summed E-state index contributed by atoms with van der Waals surface area (Å²) >= 11 is 1.98. The van der Waals surface area contributed by atoms with E-state index in [1.54, 1.807) is 0 Å². The molecule has 0 fully saturated rings. The van der Waals surface area contributed by atoms with Crippen LogP contribution in [0.25, 0.3) is 0 Å². The molecule has 0 heterocycles. The fraction of sp³-hybridized carbons (Fsp3) is 0. The molecule has 1 atom stereocenters. The van der Waals surface area contributed by atoms with Crippen LogP contribution in [0.3, 0.4) is 0 Å². The minimum Gasteiger partial charge on any atom is -1.00 e. The van der Waals surface area contributed by atoms with Crippen LogP contribution in [0, 0.1) is 0 Å². The zero-order valence-electron chi connectivity index (χ0n) is 6.05. The van der Waals surface area contributed by atoms with Crippen molar-refractivity contribution in [3.8, 4) is 0 Å². The SMILES string of the molecule is O=S(O)OCl.[H-].[H-].[Na+].[Na+]. The van der Waals surface area contributed by atoms with E-state index in [-0.39, 0.29) is 62.0 Å². The third-order valence-electron chi connectivity index (χ3n) is 0.0539. The number of halogens is 1. The van der Waals surface area contributed by atoms with E-state index in [1.807, 2.05) is 0 Å². The molecule has 36 valence electrons. The largest absolute Gasteiger partial charge is 1.00 e. The number of hydrogen-bond donors (Lipinski definition) is 1. The smallest absolute Gasteiger partial charge is 1.00 e. The van der Waals surface area contributed by atoms with E-state index >= 15 is 0 Å². The second-order valence-corrected chi connectivity index (χ2v) is 1.22. The Morgan fingerprint density at radius 3 is 1.86 bits per heavy atom. The van der Waals surface area contributed by atoms with Crippen molar-refractivity contribution in [2.45, 2.75) is 0 Å². The van der Waals surface area contributed by atoms with Crippen molar-refractivity contribution >= 4 is 23.2 Å². The van der Waals surface area contributed by atoms with Gasteiger partial charge < -0.3 is 2.85 Å². The zero-order valence-corrected chi connectivity index (χ0v) is 9.62. The van der Waals surface area contributed by atoms with E-state index in [1.165, 1.54) is 0 Å². The Morgan fingerprint density at radius 2 is 1.86 bits per heavy atom. The summed E-state index contributed by atoms with van der Waals surface area (Å²) in [5.74, 6) is 0. The van der Waals surface area contributed by atoms with E-state index in [2.05, 4.69) is 15.6 Å². The topological polar surface area (TPSA) is 46.5 Å². The Kier molecular flexibility index (Phi) is 25.9. The molecule has 0 aliphatic heterocycles. The van der Waals surface area contributed by atoms with Gasteiger partial charge in [-0.1, -0.05) is 0 Å². The summed E-state index contributed by atoms with van der Waals surface area (Å²) in [4.78, 5) is 0. The quantitative estimate of drug-likeness (QED) is 0.311. The first-order chi connectivity index (χ1) is 2.27. The Balaban J connectivity index is -0.0000000133. The zero-order chi connectivity index (χ0) is 4.28. The van der Waals surface area contributed by atoms with Crippen molar-refractivity contribution in [1.82, 2.24) is 0 Å². The molecule has 0 saturated carbocycles. The van der Waals surface area contributed by atoms with Crippen LogP contribution in [-0.2, 0) is 15.1 Å². The maximum Gasteiger partial charge on any atom is 1.00 e. The van der Waals surface area contributed by atoms with E-state index in [0.717, 1.165) is 0 Å². The number of hydrogen-bond acceptors (Lipinski definition) is 2. The van der Waals surface area contributed by atoms with Gasteiger partial charge in [0.05, 0.1) is 11.9 Å². The monoisotopic (exact) mass is 164 g/mol. The molecule has 0 amide bonds. The fourth-order valence-corrected chi connectivity index (χ4v) is 0. The molecule has 0 aromatic heterocycles. The van der Waals surface area contributed by atoms with Gasteiger partial charge in [-0.3, -0.25) is 4.55 Å². The van der Waals surface area contributed by atoms with Gasteiger partial charge >= 0.3 is 70.5 Å². The van der Waals surface area contributed by atoms with Crippen molar-refractivity contribution in [3.05, 3.63) is 0 Å². The van der Waals surface area contributed by atoms with Gasteiger partial charge in [-0.15, -0.1) is 0 Å². The van der Waals surface area contributed by atoms with Crippen molar-refractivity contribution < 1.29 is 74.5 Å². The van der Waals surface area contributed by atoms with Crippen LogP contribution < -0.4 is 59.1 Å². The normalized spacial score (nSPS) is 10.6. The van der Waals surface area contributed by atoms with Gasteiger partial charge in [0.25, 0.3) is 0 Å². The van der Waals surface area contributed by atoms with E-state index in [4.69, 9.17) is 8.76 Å². The standard InChI is InChI=1S/ClHO3S.2Na.2H/c1-4-5(2)3;;;;/h(H,2,3);;;;/q;2*+1;2*-1. The minimum atomic E-state index is -2.31. The molecule has 0 aliphatic rings. The van der Waals surface area contributed by atoms with Crippen molar-refractivity contribution in [1.29, 1.82) is 0 Å². The maximum atomic E-state index is 9.12. The first kappa shape index (κ1) is 16.2. The van der Waals surface area contributed by atoms with Crippen LogP contribution in [0.1, 0.15) is 2.85 Å². The van der Waals surface area contributed by atoms with Crippen LogP contribution in [0.4, 0.5) is 0 Å². The molecular weight excluding hydrogens is 161 g/mol. The van der Waals surface area contributed by atoms with E-state index in [0.29, 0.717) is 0 Å². The molecule has 0 rings (SSSR count). The van der Waals surface area contributed by atoms with Crippen LogP contribution in [0.5, 0.6) is 0 Å². The molecule has 1 unspecified atom stereocenters. The molecular formula is H3ClNa2O3S. The van der Waals surface area contributed by atoms with Gasteiger partial charge in [0.2, 0.25) is 0 Å². The summed E-state index contributed by atoms with van der Waals surface area (Å²) in [7, 11) is 0. The number of rotatable bonds is 1. The minimum absolute atomic E-state index is 0. The molecule has 7 heteroatoms. The summed E-state index contributed by atoms with van der Waals surface area (Å²) in [6, 6.07) is 0. The van der Waals surface area contributed by atoms with Gasteiger partial charge in [-0.05, 0) is 0 Å². The van der Waals surface area contributed by atoms with E-state index in [9.17, 15) is 0 Å². The Bertz CT molecular complexity index is 55.1. The van der Waals surface area contributed by atoms with Crippen LogP contribution in [0.15, 0.2) is 0 Å². The van der Waals surface area contributed by atoms with Crippen molar-refractivity contribution in [3.63, 3.8) is 0 Å². The molecule has 3 nitrogen and oxygen atoms in total. The molecule has 0 aromatic carbocycles. The van der Waals surface area contributed by atoms with Gasteiger partial charge in [0.15, 0.2) is 0 Å². The third kappa shape index (κ3) is 17.8. The third-order valence-corrected chi connectivity index (χ3v) is 0.485. The molecule has 0 aromatic rings. The first-order valence-electron chi connectivity index (χ1n) is 0.670. The van der Waals surface area contributed by atoms with Crippen LogP contribution in [-0.4, -0.2) is 8.76 Å². The molecule has 0 radical (unpaired) electrons. The molecule has 1 N–H and O–H groups in total. The van der Waals surface area contributed by atoms with Crippen LogP contribution in [0.2, 0.25) is 0 Å². The summed E-state index contributed by atoms with van der Waals surface area (Å²) in [5.41, 5.74) is 0. The van der Waals surface area contributed by atoms with Gasteiger partial charge in [-0.25, -0.2) is 0 Å². The first-order valence-corrected chi connectivity index (χ1v) is 2.01. The predicted molar refractivity (Wildman–Crippen MR) is 19.9 cm³/mol. The van der Waals surface area contributed by atoms with Gasteiger partial charge in [-0.2, -0.15) is 7.94 Å². The Labute approximate surface area is 96.3 Å². The summed E-state index contributed by atoms with van der Waals surface area (Å²) in [5, 5.41) is 0. The summed E-state index contributed by atoms with van der Waals surface area (Å²) in [6.45, 7) is 0. The summed E-state index contributed by atoms with van der Waals surface area (Å²) < 4.78 is 19.9. The average molecular weight is 165 g/mol. The fourth-order valence-electron chi connectivity index (χ4n) is 0. The Morgan fingerprint density at radius 1 is 1.71 bits per heavy atom. The Hall–Kier alpha value is 2.36. The van der Waals surface area contributed by atoms with Crippen molar-refractivity contribution in [2.75, 3.05) is 0 Å². The van der Waals surface area contributed by atoms with Gasteiger partial charge in [0.1, 0.15) is 0 Å². The average Bonchev–Trinajstić information content (AvgIpc) is 1.38. The van der Waals surface area contributed by atoms with Crippen molar-refractivity contribution in [2.24, 2.45) is 0 Å². The molecule has 0 spiro atoms. The predicted octanol–water partition coefficient (Wildman–Crippen LogP) is -5.47. The molecule has 0 aliphatic carbocycles. The second kappa shape index (κ2) is 11.2. The molecule has 0 bridgehead atoms. The second-order valence-electron chi connectivity index (χ2n) is 0.280. The van der Waals surface area contributed by atoms with E-state index < -0.39 is 11.4 Å².